The fourth-order valence-corrected chi connectivity index (χ4v) is 2.49. The van der Waals surface area contributed by atoms with Gasteiger partial charge < -0.3 is 15.0 Å². The Bertz CT molecular complexity index is 360. The third kappa shape index (κ3) is 3.76. The number of aromatic nitrogens is 2. The molecule has 1 aromatic rings. The molecule has 1 aliphatic rings. The van der Waals surface area contributed by atoms with Gasteiger partial charge in [0.15, 0.2) is 0 Å². The Hall–Kier alpha value is -0.470. The molecule has 2 heterocycles. The quantitative estimate of drug-likeness (QED) is 0.611. The standard InChI is InChI=1S/C12H19IN4O/c1-18-6-4-14-9-11-3-2-5-17(11)12-15-7-10(13)8-16-12/h7-8,11,14H,2-6,9H2,1H3. The molecule has 1 aromatic heterocycles. The Kier molecular flexibility index (Phi) is 5.58. The van der Waals surface area contributed by atoms with Crippen molar-refractivity contribution in [1.82, 2.24) is 15.3 Å². The predicted octanol–water partition coefficient (Wildman–Crippen LogP) is 1.29. The van der Waals surface area contributed by atoms with E-state index in [0.717, 1.165) is 35.8 Å². The summed E-state index contributed by atoms with van der Waals surface area (Å²) in [5.41, 5.74) is 0. The summed E-state index contributed by atoms with van der Waals surface area (Å²) in [6.45, 7) is 3.68. The summed E-state index contributed by atoms with van der Waals surface area (Å²) in [6, 6.07) is 0.502. The van der Waals surface area contributed by atoms with Crippen LogP contribution in [0.2, 0.25) is 0 Å². The minimum absolute atomic E-state index is 0.502. The van der Waals surface area contributed by atoms with Crippen molar-refractivity contribution in [2.24, 2.45) is 0 Å². The lowest BCUT2D eigenvalue weighted by Gasteiger charge is -2.24. The summed E-state index contributed by atoms with van der Waals surface area (Å²) in [4.78, 5) is 11.1. The molecule has 5 nitrogen and oxygen atoms in total. The molecule has 6 heteroatoms. The molecule has 0 bridgehead atoms. The van der Waals surface area contributed by atoms with Crippen LogP contribution in [0.15, 0.2) is 12.4 Å². The van der Waals surface area contributed by atoms with Crippen LogP contribution in [0, 0.1) is 3.57 Å². The van der Waals surface area contributed by atoms with Crippen LogP contribution in [0.25, 0.3) is 0 Å². The first kappa shape index (κ1) is 14.0. The van der Waals surface area contributed by atoms with Crippen molar-refractivity contribution >= 4 is 28.5 Å². The molecule has 1 aliphatic heterocycles. The Balaban J connectivity index is 1.88. The van der Waals surface area contributed by atoms with E-state index in [1.807, 2.05) is 12.4 Å². The van der Waals surface area contributed by atoms with Gasteiger partial charge in [0.25, 0.3) is 0 Å². The van der Waals surface area contributed by atoms with Gasteiger partial charge in [0.1, 0.15) is 0 Å². The van der Waals surface area contributed by atoms with E-state index < -0.39 is 0 Å². The Morgan fingerprint density at radius 1 is 1.50 bits per heavy atom. The number of rotatable bonds is 6. The molecule has 2 rings (SSSR count). The summed E-state index contributed by atoms with van der Waals surface area (Å²) in [7, 11) is 1.73. The van der Waals surface area contributed by atoms with Crippen LogP contribution in [0.3, 0.4) is 0 Å². The molecule has 1 unspecified atom stereocenters. The highest BCUT2D eigenvalue weighted by atomic mass is 127. The molecule has 0 amide bonds. The smallest absolute Gasteiger partial charge is 0.225 e. The number of nitrogens with zero attached hydrogens (tertiary/aromatic N) is 3. The molecular weight excluding hydrogens is 343 g/mol. The summed E-state index contributed by atoms with van der Waals surface area (Å²) in [5.74, 6) is 0.853. The van der Waals surface area contributed by atoms with E-state index in [1.54, 1.807) is 7.11 Å². The maximum Gasteiger partial charge on any atom is 0.225 e. The lowest BCUT2D eigenvalue weighted by Crippen LogP contribution is -2.39. The minimum Gasteiger partial charge on any atom is -0.383 e. The molecule has 1 N–H and O–H groups in total. The van der Waals surface area contributed by atoms with Crippen molar-refractivity contribution in [2.45, 2.75) is 18.9 Å². The second kappa shape index (κ2) is 7.20. The monoisotopic (exact) mass is 362 g/mol. The average Bonchev–Trinajstić information content (AvgIpc) is 2.84. The fraction of sp³-hybridized carbons (Fsp3) is 0.667. The Morgan fingerprint density at radius 2 is 2.28 bits per heavy atom. The fourth-order valence-electron chi connectivity index (χ4n) is 2.21. The number of ether oxygens (including phenoxy) is 1. The zero-order chi connectivity index (χ0) is 12.8. The van der Waals surface area contributed by atoms with Crippen LogP contribution in [0.5, 0.6) is 0 Å². The molecule has 1 saturated heterocycles. The summed E-state index contributed by atoms with van der Waals surface area (Å²) in [6.07, 6.45) is 6.16. The van der Waals surface area contributed by atoms with Gasteiger partial charge in [-0.05, 0) is 35.4 Å². The zero-order valence-corrected chi connectivity index (χ0v) is 12.8. The second-order valence-electron chi connectivity index (χ2n) is 4.39. The first-order valence-electron chi connectivity index (χ1n) is 6.25. The van der Waals surface area contributed by atoms with Crippen LogP contribution >= 0.6 is 22.6 Å². The van der Waals surface area contributed by atoms with Gasteiger partial charge in [0.2, 0.25) is 5.95 Å². The van der Waals surface area contributed by atoms with Gasteiger partial charge in [-0.25, -0.2) is 9.97 Å². The van der Waals surface area contributed by atoms with Gasteiger partial charge >= 0.3 is 0 Å². The van der Waals surface area contributed by atoms with Gasteiger partial charge in [-0.1, -0.05) is 0 Å². The van der Waals surface area contributed by atoms with Crippen molar-refractivity contribution in [2.75, 3.05) is 38.3 Å². The third-order valence-electron chi connectivity index (χ3n) is 3.10. The highest BCUT2D eigenvalue weighted by Crippen LogP contribution is 2.21. The molecule has 0 saturated carbocycles. The molecule has 0 aliphatic carbocycles. The van der Waals surface area contributed by atoms with E-state index in [9.17, 15) is 0 Å². The van der Waals surface area contributed by atoms with Gasteiger partial charge in [0.05, 0.1) is 6.61 Å². The molecular formula is C12H19IN4O. The Labute approximate surface area is 121 Å². The number of methoxy groups -OCH3 is 1. The van der Waals surface area contributed by atoms with E-state index in [1.165, 1.54) is 12.8 Å². The first-order chi connectivity index (χ1) is 8.81. The Morgan fingerprint density at radius 3 is 3.00 bits per heavy atom. The number of hydrogen-bond acceptors (Lipinski definition) is 5. The normalized spacial score (nSPS) is 19.4. The lowest BCUT2D eigenvalue weighted by molar-refractivity contribution is 0.199. The van der Waals surface area contributed by atoms with Crippen molar-refractivity contribution < 1.29 is 4.74 Å². The third-order valence-corrected chi connectivity index (χ3v) is 3.66. The van der Waals surface area contributed by atoms with Crippen LogP contribution in [0.4, 0.5) is 5.95 Å². The SMILES string of the molecule is COCCNCC1CCCN1c1ncc(I)cn1. The number of halogens is 1. The maximum atomic E-state index is 5.03. The first-order valence-corrected chi connectivity index (χ1v) is 7.33. The van der Waals surface area contributed by atoms with Crippen molar-refractivity contribution in [3.8, 4) is 0 Å². The van der Waals surface area contributed by atoms with E-state index in [4.69, 9.17) is 4.74 Å². The van der Waals surface area contributed by atoms with E-state index in [0.29, 0.717) is 6.04 Å². The number of hydrogen-bond donors (Lipinski definition) is 1. The lowest BCUT2D eigenvalue weighted by atomic mass is 10.2. The van der Waals surface area contributed by atoms with Crippen molar-refractivity contribution in [1.29, 1.82) is 0 Å². The topological polar surface area (TPSA) is 50.3 Å². The van der Waals surface area contributed by atoms with Gasteiger partial charge in [-0.3, -0.25) is 0 Å². The summed E-state index contributed by atoms with van der Waals surface area (Å²) < 4.78 is 6.10. The molecule has 0 radical (unpaired) electrons. The number of nitrogens with one attached hydrogen (secondary N) is 1. The van der Waals surface area contributed by atoms with E-state index >= 15 is 0 Å². The second-order valence-corrected chi connectivity index (χ2v) is 5.63. The van der Waals surface area contributed by atoms with Crippen LogP contribution in [-0.4, -0.2) is 49.4 Å². The number of anilines is 1. The molecule has 1 atom stereocenters. The highest BCUT2D eigenvalue weighted by Gasteiger charge is 2.25. The molecule has 100 valence electrons. The summed E-state index contributed by atoms with van der Waals surface area (Å²) in [5, 5.41) is 3.42. The zero-order valence-electron chi connectivity index (χ0n) is 10.6. The van der Waals surface area contributed by atoms with Crippen LogP contribution < -0.4 is 10.2 Å². The molecule has 18 heavy (non-hydrogen) atoms. The van der Waals surface area contributed by atoms with Crippen molar-refractivity contribution in [3.05, 3.63) is 16.0 Å². The average molecular weight is 362 g/mol. The highest BCUT2D eigenvalue weighted by molar-refractivity contribution is 14.1. The predicted molar refractivity (Wildman–Crippen MR) is 79.9 cm³/mol. The minimum atomic E-state index is 0.502. The largest absolute Gasteiger partial charge is 0.383 e. The van der Waals surface area contributed by atoms with Gasteiger partial charge in [-0.2, -0.15) is 0 Å². The van der Waals surface area contributed by atoms with Crippen LogP contribution in [0.1, 0.15) is 12.8 Å². The van der Waals surface area contributed by atoms with E-state index in [-0.39, 0.29) is 0 Å². The molecule has 0 aromatic carbocycles. The summed E-state index contributed by atoms with van der Waals surface area (Å²) >= 11 is 2.23. The van der Waals surface area contributed by atoms with Gasteiger partial charge in [0, 0.05) is 48.7 Å². The van der Waals surface area contributed by atoms with Crippen molar-refractivity contribution in [3.63, 3.8) is 0 Å². The maximum absolute atomic E-state index is 5.03. The van der Waals surface area contributed by atoms with Crippen LogP contribution in [-0.2, 0) is 4.74 Å². The molecule has 1 fully saturated rings. The molecule has 0 spiro atoms. The van der Waals surface area contributed by atoms with Gasteiger partial charge in [-0.15, -0.1) is 0 Å². The van der Waals surface area contributed by atoms with E-state index in [2.05, 4.69) is 42.8 Å².